The molecule has 3 N–H and O–H groups in total. The van der Waals surface area contributed by atoms with Gasteiger partial charge in [-0.15, -0.1) is 6.58 Å². The summed E-state index contributed by atoms with van der Waals surface area (Å²) >= 11 is 0. The standard InChI is InChI=1S/C16H28N2O4/c1-3-5-7-9-13(20)18-11-12(19)15(21)14(18)16(22)17-10-8-6-4-2/h3,12,14-15,19,21H,1,4-11H2,2H3,(H,17,22)/t12-,14-,15-/m0/s1. The summed E-state index contributed by atoms with van der Waals surface area (Å²) in [4.78, 5) is 25.7. The highest BCUT2D eigenvalue weighted by Crippen LogP contribution is 2.20. The maximum Gasteiger partial charge on any atom is 0.245 e. The quantitative estimate of drug-likeness (QED) is 0.429. The lowest BCUT2D eigenvalue weighted by Gasteiger charge is -2.25. The zero-order valence-electron chi connectivity index (χ0n) is 13.3. The van der Waals surface area contributed by atoms with Crippen molar-refractivity contribution in [1.82, 2.24) is 10.2 Å². The van der Waals surface area contributed by atoms with Gasteiger partial charge in [0.1, 0.15) is 12.1 Å². The van der Waals surface area contributed by atoms with Gasteiger partial charge in [-0.3, -0.25) is 9.59 Å². The lowest BCUT2D eigenvalue weighted by atomic mass is 10.1. The summed E-state index contributed by atoms with van der Waals surface area (Å²) in [5, 5.41) is 22.5. The normalized spacial score (nSPS) is 24.3. The molecule has 6 nitrogen and oxygen atoms in total. The number of amides is 2. The molecule has 0 bridgehead atoms. The van der Waals surface area contributed by atoms with E-state index < -0.39 is 24.2 Å². The third-order valence-electron chi connectivity index (χ3n) is 3.90. The van der Waals surface area contributed by atoms with Crippen LogP contribution < -0.4 is 5.32 Å². The highest BCUT2D eigenvalue weighted by Gasteiger charge is 2.45. The number of nitrogens with one attached hydrogen (secondary N) is 1. The van der Waals surface area contributed by atoms with Crippen LogP contribution in [0.1, 0.15) is 45.4 Å². The molecule has 0 aromatic heterocycles. The molecule has 1 aliphatic heterocycles. The van der Waals surface area contributed by atoms with E-state index in [0.29, 0.717) is 13.0 Å². The Balaban J connectivity index is 2.59. The van der Waals surface area contributed by atoms with Crippen molar-refractivity contribution >= 4 is 11.8 Å². The molecule has 6 heteroatoms. The van der Waals surface area contributed by atoms with Crippen LogP contribution in [-0.2, 0) is 9.59 Å². The number of rotatable bonds is 9. The Morgan fingerprint density at radius 2 is 2.05 bits per heavy atom. The van der Waals surface area contributed by atoms with Gasteiger partial charge in [-0.2, -0.15) is 0 Å². The van der Waals surface area contributed by atoms with Crippen LogP contribution in [0, 0.1) is 0 Å². The number of aliphatic hydroxyl groups is 2. The summed E-state index contributed by atoms with van der Waals surface area (Å²) in [6, 6.07) is -0.993. The van der Waals surface area contributed by atoms with E-state index in [4.69, 9.17) is 0 Å². The summed E-state index contributed by atoms with van der Waals surface area (Å²) in [5.74, 6) is -0.608. The first-order valence-corrected chi connectivity index (χ1v) is 8.07. The fourth-order valence-electron chi connectivity index (χ4n) is 2.60. The number of hydrogen-bond acceptors (Lipinski definition) is 4. The fraction of sp³-hybridized carbons (Fsp3) is 0.750. The molecule has 0 aliphatic carbocycles. The van der Waals surface area contributed by atoms with Crippen LogP contribution in [0.2, 0.25) is 0 Å². The fourth-order valence-corrected chi connectivity index (χ4v) is 2.60. The summed E-state index contributed by atoms with van der Waals surface area (Å²) in [5.41, 5.74) is 0. The number of allylic oxidation sites excluding steroid dienone is 1. The summed E-state index contributed by atoms with van der Waals surface area (Å²) < 4.78 is 0. The average Bonchev–Trinajstić information content (AvgIpc) is 2.79. The molecule has 22 heavy (non-hydrogen) atoms. The van der Waals surface area contributed by atoms with E-state index >= 15 is 0 Å². The van der Waals surface area contributed by atoms with Crippen molar-refractivity contribution in [2.75, 3.05) is 13.1 Å². The average molecular weight is 312 g/mol. The van der Waals surface area contributed by atoms with Gasteiger partial charge in [0.05, 0.1) is 12.6 Å². The third-order valence-corrected chi connectivity index (χ3v) is 3.90. The van der Waals surface area contributed by atoms with Crippen molar-refractivity contribution in [2.45, 2.75) is 63.7 Å². The maximum atomic E-state index is 12.2. The van der Waals surface area contributed by atoms with Crippen LogP contribution >= 0.6 is 0 Å². The topological polar surface area (TPSA) is 89.9 Å². The number of unbranched alkanes of at least 4 members (excludes halogenated alkanes) is 3. The molecule has 0 aromatic rings. The van der Waals surface area contributed by atoms with Crippen LogP contribution in [0.25, 0.3) is 0 Å². The molecular formula is C16H28N2O4. The van der Waals surface area contributed by atoms with E-state index in [2.05, 4.69) is 18.8 Å². The van der Waals surface area contributed by atoms with Crippen LogP contribution in [-0.4, -0.2) is 58.3 Å². The van der Waals surface area contributed by atoms with Gasteiger partial charge in [0, 0.05) is 13.0 Å². The van der Waals surface area contributed by atoms with E-state index in [1.807, 2.05) is 0 Å². The van der Waals surface area contributed by atoms with E-state index in [-0.39, 0.29) is 18.9 Å². The molecule has 1 heterocycles. The molecule has 126 valence electrons. The number of nitrogens with zero attached hydrogens (tertiary/aromatic N) is 1. The van der Waals surface area contributed by atoms with Gasteiger partial charge in [0.2, 0.25) is 11.8 Å². The molecule has 0 aromatic carbocycles. The molecule has 2 amide bonds. The van der Waals surface area contributed by atoms with Gasteiger partial charge in [-0.1, -0.05) is 25.8 Å². The zero-order chi connectivity index (χ0) is 16.5. The number of β-amino-alcohol motifs (C(OH)–C–C–N with tert-alkyl or cyclic N) is 1. The molecule has 0 spiro atoms. The van der Waals surface area contributed by atoms with E-state index in [1.165, 1.54) is 4.90 Å². The molecule has 3 atom stereocenters. The lowest BCUT2D eigenvalue weighted by Crippen LogP contribution is -2.50. The van der Waals surface area contributed by atoms with Crippen LogP contribution in [0.4, 0.5) is 0 Å². The molecule has 0 radical (unpaired) electrons. The van der Waals surface area contributed by atoms with Gasteiger partial charge >= 0.3 is 0 Å². The summed E-state index contributed by atoms with van der Waals surface area (Å²) in [6.07, 6.45) is 4.01. The molecule has 0 unspecified atom stereocenters. The Morgan fingerprint density at radius 1 is 1.32 bits per heavy atom. The first-order valence-electron chi connectivity index (χ1n) is 8.07. The second kappa shape index (κ2) is 9.58. The first-order chi connectivity index (χ1) is 10.5. The van der Waals surface area contributed by atoms with Crippen molar-refractivity contribution < 1.29 is 19.8 Å². The first kappa shape index (κ1) is 18.6. The molecule has 1 aliphatic rings. The Bertz CT molecular complexity index is 386. The summed E-state index contributed by atoms with van der Waals surface area (Å²) in [7, 11) is 0. The van der Waals surface area contributed by atoms with E-state index in [9.17, 15) is 19.8 Å². The van der Waals surface area contributed by atoms with Crippen molar-refractivity contribution in [3.63, 3.8) is 0 Å². The van der Waals surface area contributed by atoms with Gasteiger partial charge in [-0.25, -0.2) is 0 Å². The summed E-state index contributed by atoms with van der Waals surface area (Å²) in [6.45, 7) is 6.19. The minimum atomic E-state index is -1.23. The third kappa shape index (κ3) is 5.10. The number of likely N-dealkylation sites (tertiary alicyclic amines) is 1. The predicted molar refractivity (Wildman–Crippen MR) is 84.1 cm³/mol. The highest BCUT2D eigenvalue weighted by molar-refractivity contribution is 5.89. The number of aliphatic hydroxyl groups excluding tert-OH is 2. The van der Waals surface area contributed by atoms with Crippen molar-refractivity contribution in [1.29, 1.82) is 0 Å². The molecule has 1 saturated heterocycles. The van der Waals surface area contributed by atoms with Crippen LogP contribution in [0.5, 0.6) is 0 Å². The predicted octanol–water partition coefficient (Wildman–Crippen LogP) is 0.582. The van der Waals surface area contributed by atoms with Crippen LogP contribution in [0.15, 0.2) is 12.7 Å². The van der Waals surface area contributed by atoms with E-state index in [0.717, 1.165) is 25.7 Å². The van der Waals surface area contributed by atoms with Crippen molar-refractivity contribution in [3.8, 4) is 0 Å². The maximum absolute atomic E-state index is 12.2. The Morgan fingerprint density at radius 3 is 2.68 bits per heavy atom. The number of hydrogen-bond donors (Lipinski definition) is 3. The van der Waals surface area contributed by atoms with E-state index in [1.54, 1.807) is 6.08 Å². The van der Waals surface area contributed by atoms with Crippen molar-refractivity contribution in [2.24, 2.45) is 0 Å². The molecule has 0 saturated carbocycles. The number of carbonyl (C=O) groups is 2. The smallest absolute Gasteiger partial charge is 0.245 e. The molecular weight excluding hydrogens is 284 g/mol. The highest BCUT2D eigenvalue weighted by atomic mass is 16.3. The Hall–Kier alpha value is -1.40. The largest absolute Gasteiger partial charge is 0.388 e. The lowest BCUT2D eigenvalue weighted by molar-refractivity contribution is -0.140. The monoisotopic (exact) mass is 312 g/mol. The van der Waals surface area contributed by atoms with Crippen LogP contribution in [0.3, 0.4) is 0 Å². The molecule has 1 rings (SSSR count). The Labute approximate surface area is 132 Å². The van der Waals surface area contributed by atoms with Gasteiger partial charge in [-0.05, 0) is 19.3 Å². The Kier molecular flexibility index (Phi) is 8.12. The van der Waals surface area contributed by atoms with Gasteiger partial charge in [0.25, 0.3) is 0 Å². The molecule has 1 fully saturated rings. The SMILES string of the molecule is C=CCCCC(=O)N1C[C@H](O)[C@H](O)[C@H]1C(=O)NCCCCC. The van der Waals surface area contributed by atoms with Gasteiger partial charge < -0.3 is 20.4 Å². The minimum absolute atomic E-state index is 0.00113. The minimum Gasteiger partial charge on any atom is -0.388 e. The van der Waals surface area contributed by atoms with Gasteiger partial charge in [0.15, 0.2) is 0 Å². The second-order valence-corrected chi connectivity index (χ2v) is 5.73. The van der Waals surface area contributed by atoms with Crippen molar-refractivity contribution in [3.05, 3.63) is 12.7 Å². The second-order valence-electron chi connectivity index (χ2n) is 5.73. The zero-order valence-corrected chi connectivity index (χ0v) is 13.3. The number of carbonyl (C=O) groups excluding carboxylic acids is 2.